The van der Waals surface area contributed by atoms with E-state index in [1.165, 1.54) is 77.0 Å². The van der Waals surface area contributed by atoms with Gasteiger partial charge in [-0.1, -0.05) is 12.2 Å². The third-order valence-corrected chi connectivity index (χ3v) is 10.7. The molecule has 0 aromatic carbocycles. The number of likely N-dealkylation sites (N-methyl/N-ethyl adjacent to an activating group) is 1. The maximum Gasteiger partial charge on any atom is 0.243 e. The van der Waals surface area contributed by atoms with Crippen molar-refractivity contribution < 1.29 is 4.79 Å². The second-order valence-electron chi connectivity index (χ2n) is 12.6. The molecule has 4 atom stereocenters. The highest BCUT2D eigenvalue weighted by molar-refractivity contribution is 5.87. The minimum absolute atomic E-state index is 0.109. The SMILES string of the molecule is C=CC12CC3CC(C1)CC(C14CC5CC(CC(C=CC(=O)NCC)(C5)C1)C4)(C3)C2. The minimum atomic E-state index is 0.109. The molecule has 158 valence electrons. The molecular formula is C27H39NO. The van der Waals surface area contributed by atoms with Crippen molar-refractivity contribution in [2.75, 3.05) is 6.54 Å². The molecule has 0 radical (unpaired) electrons. The van der Waals surface area contributed by atoms with E-state index in [9.17, 15) is 4.79 Å². The average molecular weight is 394 g/mol. The molecular weight excluding hydrogens is 354 g/mol. The highest BCUT2D eigenvalue weighted by Crippen LogP contribution is 2.78. The summed E-state index contributed by atoms with van der Waals surface area (Å²) in [7, 11) is 0. The number of allylic oxidation sites excluding steroid dienone is 2. The Labute approximate surface area is 177 Å². The quantitative estimate of drug-likeness (QED) is 0.448. The zero-order chi connectivity index (χ0) is 19.9. The Balaban J connectivity index is 1.36. The van der Waals surface area contributed by atoms with Gasteiger partial charge in [-0.25, -0.2) is 0 Å². The van der Waals surface area contributed by atoms with Crippen LogP contribution in [0.2, 0.25) is 0 Å². The smallest absolute Gasteiger partial charge is 0.243 e. The lowest BCUT2D eigenvalue weighted by atomic mass is 9.31. The Morgan fingerprint density at radius 3 is 1.83 bits per heavy atom. The van der Waals surface area contributed by atoms with Crippen molar-refractivity contribution in [2.24, 2.45) is 45.3 Å². The Kier molecular flexibility index (Phi) is 3.88. The largest absolute Gasteiger partial charge is 0.353 e. The molecule has 2 nitrogen and oxygen atoms in total. The molecule has 8 rings (SSSR count). The monoisotopic (exact) mass is 393 g/mol. The second kappa shape index (κ2) is 6.01. The molecule has 0 spiro atoms. The summed E-state index contributed by atoms with van der Waals surface area (Å²) in [4.78, 5) is 12.2. The van der Waals surface area contributed by atoms with Crippen LogP contribution in [0.15, 0.2) is 24.8 Å². The van der Waals surface area contributed by atoms with Gasteiger partial charge in [-0.15, -0.1) is 6.58 Å². The van der Waals surface area contributed by atoms with Gasteiger partial charge in [-0.2, -0.15) is 0 Å². The number of amides is 1. The fourth-order valence-electron chi connectivity index (χ4n) is 10.8. The van der Waals surface area contributed by atoms with E-state index in [-0.39, 0.29) is 5.91 Å². The lowest BCUT2D eigenvalue weighted by Gasteiger charge is -2.73. The summed E-state index contributed by atoms with van der Waals surface area (Å²) in [6, 6.07) is 0. The van der Waals surface area contributed by atoms with Gasteiger partial charge in [0, 0.05) is 6.54 Å². The summed E-state index contributed by atoms with van der Waals surface area (Å²) in [5, 5.41) is 2.97. The van der Waals surface area contributed by atoms with Crippen LogP contribution in [0.5, 0.6) is 0 Å². The van der Waals surface area contributed by atoms with Crippen molar-refractivity contribution in [3.05, 3.63) is 24.8 Å². The van der Waals surface area contributed by atoms with E-state index in [1.54, 1.807) is 0 Å². The molecule has 2 heteroatoms. The van der Waals surface area contributed by atoms with Crippen LogP contribution in [0.4, 0.5) is 0 Å². The highest BCUT2D eigenvalue weighted by Gasteiger charge is 2.69. The molecule has 4 unspecified atom stereocenters. The number of nitrogens with one attached hydrogen (secondary N) is 1. The first-order chi connectivity index (χ1) is 13.9. The number of hydrogen-bond donors (Lipinski definition) is 1. The average Bonchev–Trinajstić information content (AvgIpc) is 2.65. The molecule has 0 saturated heterocycles. The van der Waals surface area contributed by atoms with Gasteiger partial charge in [-0.05, 0) is 135 Å². The standard InChI is InChI=1S/C27H39NO/c1-3-24-9-19-7-20(10-24)14-26(13-19,17-24)27-15-21-8-22(16-27)12-25(11-21,18-27)6-5-23(29)28-4-2/h3,5-6,19-22H,1,4,7-18H2,2H3,(H,28,29). The molecule has 8 fully saturated rings. The summed E-state index contributed by atoms with van der Waals surface area (Å²) < 4.78 is 0. The summed E-state index contributed by atoms with van der Waals surface area (Å²) >= 11 is 0. The minimum Gasteiger partial charge on any atom is -0.353 e. The van der Waals surface area contributed by atoms with Crippen molar-refractivity contribution in [3.8, 4) is 0 Å². The van der Waals surface area contributed by atoms with Crippen LogP contribution in [-0.4, -0.2) is 12.5 Å². The molecule has 29 heavy (non-hydrogen) atoms. The molecule has 0 aromatic heterocycles. The molecule has 1 N–H and O–H groups in total. The third-order valence-electron chi connectivity index (χ3n) is 10.7. The van der Waals surface area contributed by atoms with E-state index in [2.05, 4.69) is 24.0 Å². The van der Waals surface area contributed by atoms with Crippen LogP contribution < -0.4 is 5.32 Å². The van der Waals surface area contributed by atoms with Crippen molar-refractivity contribution in [1.82, 2.24) is 5.32 Å². The molecule has 0 aromatic rings. The van der Waals surface area contributed by atoms with Crippen LogP contribution in [0.1, 0.15) is 84.0 Å². The van der Waals surface area contributed by atoms with Crippen LogP contribution in [0.3, 0.4) is 0 Å². The number of carbonyl (C=O) groups is 1. The van der Waals surface area contributed by atoms with Crippen molar-refractivity contribution in [3.63, 3.8) is 0 Å². The summed E-state index contributed by atoms with van der Waals surface area (Å²) in [5.41, 5.74) is 1.89. The summed E-state index contributed by atoms with van der Waals surface area (Å²) in [5.74, 6) is 3.84. The van der Waals surface area contributed by atoms with Gasteiger partial charge in [0.1, 0.15) is 0 Å². The summed E-state index contributed by atoms with van der Waals surface area (Å²) in [6.45, 7) is 7.08. The second-order valence-corrected chi connectivity index (χ2v) is 12.6. The zero-order valence-corrected chi connectivity index (χ0v) is 18.3. The van der Waals surface area contributed by atoms with E-state index in [0.717, 1.165) is 30.2 Å². The third kappa shape index (κ3) is 2.62. The van der Waals surface area contributed by atoms with Gasteiger partial charge < -0.3 is 5.32 Å². The van der Waals surface area contributed by atoms with Crippen molar-refractivity contribution in [2.45, 2.75) is 84.0 Å². The number of hydrogen-bond acceptors (Lipinski definition) is 1. The van der Waals surface area contributed by atoms with Crippen molar-refractivity contribution >= 4 is 5.91 Å². The molecule has 8 aliphatic rings. The van der Waals surface area contributed by atoms with Gasteiger partial charge in [-0.3, -0.25) is 4.79 Å². The van der Waals surface area contributed by atoms with E-state index in [1.807, 2.05) is 13.0 Å². The maximum atomic E-state index is 12.2. The molecule has 0 heterocycles. The molecule has 8 saturated carbocycles. The van der Waals surface area contributed by atoms with Gasteiger partial charge in [0.25, 0.3) is 0 Å². The van der Waals surface area contributed by atoms with Gasteiger partial charge in [0.2, 0.25) is 5.91 Å². The van der Waals surface area contributed by atoms with Crippen LogP contribution in [-0.2, 0) is 4.79 Å². The molecule has 8 aliphatic carbocycles. The Morgan fingerprint density at radius 1 is 0.862 bits per heavy atom. The van der Waals surface area contributed by atoms with Crippen molar-refractivity contribution in [1.29, 1.82) is 0 Å². The molecule has 8 bridgehead atoms. The van der Waals surface area contributed by atoms with E-state index < -0.39 is 0 Å². The predicted octanol–water partition coefficient (Wildman–Crippen LogP) is 6.04. The first-order valence-electron chi connectivity index (χ1n) is 12.5. The lowest BCUT2D eigenvalue weighted by Crippen LogP contribution is -2.64. The fourth-order valence-corrected chi connectivity index (χ4v) is 10.8. The van der Waals surface area contributed by atoms with Gasteiger partial charge >= 0.3 is 0 Å². The first-order valence-corrected chi connectivity index (χ1v) is 12.5. The van der Waals surface area contributed by atoms with E-state index in [0.29, 0.717) is 21.7 Å². The summed E-state index contributed by atoms with van der Waals surface area (Å²) in [6.07, 6.45) is 24.0. The predicted molar refractivity (Wildman–Crippen MR) is 117 cm³/mol. The van der Waals surface area contributed by atoms with E-state index in [4.69, 9.17) is 0 Å². The Hall–Kier alpha value is -1.05. The van der Waals surface area contributed by atoms with Crippen LogP contribution >= 0.6 is 0 Å². The normalized spacial score (nSPS) is 54.2. The topological polar surface area (TPSA) is 29.1 Å². The van der Waals surface area contributed by atoms with Crippen LogP contribution in [0, 0.1) is 45.3 Å². The molecule has 1 amide bonds. The van der Waals surface area contributed by atoms with Gasteiger partial charge in [0.05, 0.1) is 0 Å². The fraction of sp³-hybridized carbons (Fsp3) is 0.815. The molecule has 0 aliphatic heterocycles. The van der Waals surface area contributed by atoms with Gasteiger partial charge in [0.15, 0.2) is 0 Å². The van der Waals surface area contributed by atoms with E-state index >= 15 is 0 Å². The Morgan fingerprint density at radius 2 is 1.34 bits per heavy atom. The highest BCUT2D eigenvalue weighted by atomic mass is 16.1. The number of rotatable bonds is 5. The lowest BCUT2D eigenvalue weighted by molar-refractivity contribution is -0.223. The first kappa shape index (κ1) is 18.7. The maximum absolute atomic E-state index is 12.2. The number of carbonyl (C=O) groups excluding carboxylic acids is 1. The Bertz CT molecular complexity index is 734. The van der Waals surface area contributed by atoms with Crippen LogP contribution in [0.25, 0.3) is 0 Å². The zero-order valence-electron chi connectivity index (χ0n) is 18.3.